The number of halogens is 1. The highest BCUT2D eigenvalue weighted by atomic mass is 19.1. The number of nitrogen functional groups attached to an aromatic ring is 1. The molecule has 0 saturated carbocycles. The van der Waals surface area contributed by atoms with E-state index in [0.717, 1.165) is 6.42 Å². The standard InChI is InChI=1S/C11H14FN5/c1-3-7(2)17-11(14-15-16-17)8-4-9(12)6-10(13)5-8/h4-7H,3,13H2,1-2H3. The first-order valence-corrected chi connectivity index (χ1v) is 5.46. The molecular formula is C11H14FN5. The third-order valence-electron chi connectivity index (χ3n) is 2.68. The van der Waals surface area contributed by atoms with E-state index in [1.165, 1.54) is 12.1 Å². The highest BCUT2D eigenvalue weighted by Crippen LogP contribution is 2.23. The summed E-state index contributed by atoms with van der Waals surface area (Å²) in [5.74, 6) is 0.143. The van der Waals surface area contributed by atoms with Crippen LogP contribution < -0.4 is 5.73 Å². The lowest BCUT2D eigenvalue weighted by atomic mass is 10.1. The van der Waals surface area contributed by atoms with Gasteiger partial charge in [-0.25, -0.2) is 9.07 Å². The molecule has 5 nitrogen and oxygen atoms in total. The summed E-state index contributed by atoms with van der Waals surface area (Å²) in [6, 6.07) is 4.46. The van der Waals surface area contributed by atoms with Crippen LogP contribution in [0.1, 0.15) is 26.3 Å². The Hall–Kier alpha value is -1.98. The number of hydrogen-bond donors (Lipinski definition) is 1. The van der Waals surface area contributed by atoms with Crippen LogP contribution in [0.15, 0.2) is 18.2 Å². The molecule has 90 valence electrons. The number of hydrogen-bond acceptors (Lipinski definition) is 4. The fraction of sp³-hybridized carbons (Fsp3) is 0.364. The van der Waals surface area contributed by atoms with E-state index in [0.29, 0.717) is 17.1 Å². The van der Waals surface area contributed by atoms with E-state index in [9.17, 15) is 4.39 Å². The normalized spacial score (nSPS) is 12.6. The average Bonchev–Trinajstić information content (AvgIpc) is 2.75. The van der Waals surface area contributed by atoms with Gasteiger partial charge in [0.2, 0.25) is 0 Å². The molecule has 0 spiro atoms. The summed E-state index contributed by atoms with van der Waals surface area (Å²) in [4.78, 5) is 0. The highest BCUT2D eigenvalue weighted by molar-refractivity contribution is 5.61. The first kappa shape index (κ1) is 11.5. The van der Waals surface area contributed by atoms with Gasteiger partial charge in [-0.2, -0.15) is 0 Å². The molecule has 0 radical (unpaired) electrons. The third-order valence-corrected chi connectivity index (χ3v) is 2.68. The van der Waals surface area contributed by atoms with E-state index < -0.39 is 5.82 Å². The van der Waals surface area contributed by atoms with Crippen molar-refractivity contribution in [3.8, 4) is 11.4 Å². The van der Waals surface area contributed by atoms with Gasteiger partial charge in [-0.3, -0.25) is 0 Å². The molecule has 1 unspecified atom stereocenters. The Morgan fingerprint density at radius 3 is 2.82 bits per heavy atom. The number of benzene rings is 1. The smallest absolute Gasteiger partial charge is 0.182 e. The van der Waals surface area contributed by atoms with Crippen molar-refractivity contribution >= 4 is 5.69 Å². The molecule has 0 aliphatic rings. The predicted molar refractivity (Wildman–Crippen MR) is 62.6 cm³/mol. The van der Waals surface area contributed by atoms with E-state index in [4.69, 9.17) is 5.73 Å². The molecule has 1 aromatic carbocycles. The quantitative estimate of drug-likeness (QED) is 0.826. The predicted octanol–water partition coefficient (Wildman–Crippen LogP) is 2.03. The molecule has 2 N–H and O–H groups in total. The Balaban J connectivity index is 2.49. The molecule has 1 heterocycles. The maximum absolute atomic E-state index is 13.3. The van der Waals surface area contributed by atoms with E-state index in [1.807, 2.05) is 13.8 Å². The van der Waals surface area contributed by atoms with Crippen molar-refractivity contribution in [3.63, 3.8) is 0 Å². The van der Waals surface area contributed by atoms with Crippen molar-refractivity contribution in [2.45, 2.75) is 26.3 Å². The monoisotopic (exact) mass is 235 g/mol. The molecule has 2 aromatic rings. The summed E-state index contributed by atoms with van der Waals surface area (Å²) < 4.78 is 15.0. The maximum Gasteiger partial charge on any atom is 0.182 e. The van der Waals surface area contributed by atoms with Crippen molar-refractivity contribution < 1.29 is 4.39 Å². The van der Waals surface area contributed by atoms with Gasteiger partial charge in [-0.05, 0) is 42.0 Å². The molecule has 0 aliphatic heterocycles. The SMILES string of the molecule is CCC(C)n1nnnc1-c1cc(N)cc(F)c1. The first-order chi connectivity index (χ1) is 8.11. The van der Waals surface area contributed by atoms with Gasteiger partial charge in [0.05, 0.1) is 6.04 Å². The fourth-order valence-corrected chi connectivity index (χ4v) is 1.59. The lowest BCUT2D eigenvalue weighted by Gasteiger charge is -2.11. The van der Waals surface area contributed by atoms with Crippen molar-refractivity contribution in [1.29, 1.82) is 0 Å². The van der Waals surface area contributed by atoms with Gasteiger partial charge < -0.3 is 5.73 Å². The zero-order chi connectivity index (χ0) is 12.4. The van der Waals surface area contributed by atoms with Gasteiger partial charge in [0.15, 0.2) is 5.82 Å². The summed E-state index contributed by atoms with van der Waals surface area (Å²) in [5.41, 5.74) is 6.56. The number of rotatable bonds is 3. The fourth-order valence-electron chi connectivity index (χ4n) is 1.59. The summed E-state index contributed by atoms with van der Waals surface area (Å²) in [5, 5.41) is 11.5. The molecule has 0 saturated heterocycles. The van der Waals surface area contributed by atoms with Crippen LogP contribution in [0.4, 0.5) is 10.1 Å². The third kappa shape index (κ3) is 2.25. The second-order valence-corrected chi connectivity index (χ2v) is 3.98. The Kier molecular flexibility index (Phi) is 3.03. The molecule has 0 bridgehead atoms. The van der Waals surface area contributed by atoms with Crippen LogP contribution in [0.25, 0.3) is 11.4 Å². The minimum absolute atomic E-state index is 0.157. The van der Waals surface area contributed by atoms with Crippen LogP contribution in [0.2, 0.25) is 0 Å². The summed E-state index contributed by atoms with van der Waals surface area (Å²) in [7, 11) is 0. The lowest BCUT2D eigenvalue weighted by Crippen LogP contribution is -2.08. The van der Waals surface area contributed by atoms with Crippen LogP contribution in [-0.4, -0.2) is 20.2 Å². The molecule has 1 aromatic heterocycles. The lowest BCUT2D eigenvalue weighted by molar-refractivity contribution is 0.468. The average molecular weight is 235 g/mol. The van der Waals surface area contributed by atoms with E-state index in [2.05, 4.69) is 15.5 Å². The van der Waals surface area contributed by atoms with Crippen LogP contribution in [0.3, 0.4) is 0 Å². The molecule has 17 heavy (non-hydrogen) atoms. The van der Waals surface area contributed by atoms with Crippen LogP contribution in [0, 0.1) is 5.82 Å². The minimum Gasteiger partial charge on any atom is -0.399 e. The molecule has 2 rings (SSSR count). The largest absolute Gasteiger partial charge is 0.399 e. The van der Waals surface area contributed by atoms with E-state index >= 15 is 0 Å². The summed E-state index contributed by atoms with van der Waals surface area (Å²) in [6.45, 7) is 4.04. The maximum atomic E-state index is 13.3. The van der Waals surface area contributed by atoms with Gasteiger partial charge in [0.1, 0.15) is 5.82 Å². The highest BCUT2D eigenvalue weighted by Gasteiger charge is 2.14. The molecular weight excluding hydrogens is 221 g/mol. The molecule has 0 fully saturated rings. The van der Waals surface area contributed by atoms with Crippen LogP contribution in [-0.2, 0) is 0 Å². The summed E-state index contributed by atoms with van der Waals surface area (Å²) in [6.07, 6.45) is 0.892. The van der Waals surface area contributed by atoms with Gasteiger partial charge in [-0.1, -0.05) is 6.92 Å². The second kappa shape index (κ2) is 4.48. The van der Waals surface area contributed by atoms with Crippen molar-refractivity contribution in [1.82, 2.24) is 20.2 Å². The number of nitrogens with two attached hydrogens (primary N) is 1. The molecule has 0 amide bonds. The molecule has 1 atom stereocenters. The van der Waals surface area contributed by atoms with Crippen LogP contribution in [0.5, 0.6) is 0 Å². The molecule has 6 heteroatoms. The van der Waals surface area contributed by atoms with Crippen LogP contribution >= 0.6 is 0 Å². The Morgan fingerprint density at radius 1 is 1.41 bits per heavy atom. The van der Waals surface area contributed by atoms with Crippen molar-refractivity contribution in [2.24, 2.45) is 0 Å². The number of aromatic nitrogens is 4. The Bertz CT molecular complexity index is 502. The first-order valence-electron chi connectivity index (χ1n) is 5.46. The van der Waals surface area contributed by atoms with E-state index in [1.54, 1.807) is 10.7 Å². The number of tetrazole rings is 1. The zero-order valence-corrected chi connectivity index (χ0v) is 9.76. The second-order valence-electron chi connectivity index (χ2n) is 3.98. The Labute approximate surface area is 98.4 Å². The van der Waals surface area contributed by atoms with Gasteiger partial charge in [0.25, 0.3) is 0 Å². The van der Waals surface area contributed by atoms with Gasteiger partial charge in [0, 0.05) is 11.3 Å². The minimum atomic E-state index is -0.390. The molecule has 0 aliphatic carbocycles. The van der Waals surface area contributed by atoms with Gasteiger partial charge >= 0.3 is 0 Å². The van der Waals surface area contributed by atoms with Crippen molar-refractivity contribution in [3.05, 3.63) is 24.0 Å². The van der Waals surface area contributed by atoms with E-state index in [-0.39, 0.29) is 6.04 Å². The topological polar surface area (TPSA) is 69.6 Å². The Morgan fingerprint density at radius 2 is 2.18 bits per heavy atom. The number of anilines is 1. The summed E-state index contributed by atoms with van der Waals surface area (Å²) >= 11 is 0. The number of nitrogens with zero attached hydrogens (tertiary/aromatic N) is 4. The zero-order valence-electron chi connectivity index (χ0n) is 9.76. The van der Waals surface area contributed by atoms with Gasteiger partial charge in [-0.15, -0.1) is 5.10 Å². The van der Waals surface area contributed by atoms with Crippen molar-refractivity contribution in [2.75, 3.05) is 5.73 Å².